The first-order valence-corrected chi connectivity index (χ1v) is 7.58. The molecule has 0 spiro atoms. The summed E-state index contributed by atoms with van der Waals surface area (Å²) in [6.45, 7) is 2.22. The molecule has 0 amide bonds. The van der Waals surface area contributed by atoms with Gasteiger partial charge in [0.1, 0.15) is 5.75 Å². The quantitative estimate of drug-likeness (QED) is 0.590. The molecule has 1 aliphatic carbocycles. The normalized spacial score (nSPS) is 21.9. The SMILES string of the molecule is CCCC1CCC(c2ccc(OC(F)=C(F)F)cc2)CC1. The molecule has 0 unspecified atom stereocenters. The van der Waals surface area contributed by atoms with Crippen molar-refractivity contribution in [2.24, 2.45) is 5.92 Å². The Balaban J connectivity index is 1.92. The molecular weight excluding hydrogens is 277 g/mol. The van der Waals surface area contributed by atoms with Crippen LogP contribution in [-0.2, 0) is 0 Å². The van der Waals surface area contributed by atoms with Gasteiger partial charge in [0, 0.05) is 0 Å². The molecule has 0 bridgehead atoms. The van der Waals surface area contributed by atoms with E-state index in [-0.39, 0.29) is 5.75 Å². The summed E-state index contributed by atoms with van der Waals surface area (Å²) in [4.78, 5) is 0. The average molecular weight is 298 g/mol. The monoisotopic (exact) mass is 298 g/mol. The number of hydrogen-bond donors (Lipinski definition) is 0. The summed E-state index contributed by atoms with van der Waals surface area (Å²) in [5.74, 6) is 1.47. The highest BCUT2D eigenvalue weighted by Gasteiger charge is 2.21. The van der Waals surface area contributed by atoms with Gasteiger partial charge in [-0.25, -0.2) is 0 Å². The van der Waals surface area contributed by atoms with E-state index in [0.717, 1.165) is 18.8 Å². The van der Waals surface area contributed by atoms with Crippen LogP contribution < -0.4 is 4.74 Å². The minimum Gasteiger partial charge on any atom is -0.428 e. The highest BCUT2D eigenvalue weighted by atomic mass is 19.3. The van der Waals surface area contributed by atoms with Crippen LogP contribution in [0.15, 0.2) is 36.4 Å². The van der Waals surface area contributed by atoms with Gasteiger partial charge in [-0.2, -0.15) is 13.2 Å². The van der Waals surface area contributed by atoms with Crippen LogP contribution in [0.1, 0.15) is 56.9 Å². The molecule has 0 heterocycles. The number of hydrogen-bond acceptors (Lipinski definition) is 1. The van der Waals surface area contributed by atoms with Crippen LogP contribution in [-0.4, -0.2) is 0 Å². The van der Waals surface area contributed by atoms with Crippen LogP contribution in [0, 0.1) is 5.92 Å². The van der Waals surface area contributed by atoms with Crippen LogP contribution in [0.2, 0.25) is 0 Å². The van der Waals surface area contributed by atoms with Gasteiger partial charge < -0.3 is 4.74 Å². The second kappa shape index (κ2) is 7.53. The van der Waals surface area contributed by atoms with Crippen molar-refractivity contribution in [1.82, 2.24) is 0 Å². The Kier molecular flexibility index (Phi) is 5.71. The van der Waals surface area contributed by atoms with Crippen LogP contribution >= 0.6 is 0 Å². The Morgan fingerprint density at radius 3 is 2.19 bits per heavy atom. The predicted molar refractivity (Wildman–Crippen MR) is 77.0 cm³/mol. The Hall–Kier alpha value is -1.45. The summed E-state index contributed by atoms with van der Waals surface area (Å²) in [5.41, 5.74) is 1.18. The van der Waals surface area contributed by atoms with Crippen molar-refractivity contribution in [3.05, 3.63) is 41.9 Å². The molecule has 1 saturated carbocycles. The lowest BCUT2D eigenvalue weighted by Crippen LogP contribution is -2.13. The van der Waals surface area contributed by atoms with Crippen molar-refractivity contribution in [2.75, 3.05) is 0 Å². The van der Waals surface area contributed by atoms with E-state index in [2.05, 4.69) is 11.7 Å². The standard InChI is InChI=1S/C17H21F3O/c1-2-3-12-4-6-13(7-5-12)14-8-10-15(11-9-14)21-17(20)16(18)19/h8-13H,2-7H2,1H3. The van der Waals surface area contributed by atoms with Gasteiger partial charge in [-0.15, -0.1) is 0 Å². The number of benzene rings is 1. The van der Waals surface area contributed by atoms with E-state index in [1.165, 1.54) is 31.2 Å². The summed E-state index contributed by atoms with van der Waals surface area (Å²) in [5, 5.41) is 0. The molecule has 1 aliphatic rings. The van der Waals surface area contributed by atoms with E-state index in [1.807, 2.05) is 12.1 Å². The summed E-state index contributed by atoms with van der Waals surface area (Å²) < 4.78 is 41.0. The van der Waals surface area contributed by atoms with Crippen molar-refractivity contribution >= 4 is 0 Å². The fourth-order valence-electron chi connectivity index (χ4n) is 3.14. The van der Waals surface area contributed by atoms with Crippen molar-refractivity contribution in [1.29, 1.82) is 0 Å². The van der Waals surface area contributed by atoms with E-state index >= 15 is 0 Å². The average Bonchev–Trinajstić information content (AvgIpc) is 2.49. The highest BCUT2D eigenvalue weighted by molar-refractivity contribution is 5.30. The first-order valence-electron chi connectivity index (χ1n) is 7.58. The fraction of sp³-hybridized carbons (Fsp3) is 0.529. The first kappa shape index (κ1) is 15.9. The van der Waals surface area contributed by atoms with E-state index in [4.69, 9.17) is 0 Å². The topological polar surface area (TPSA) is 9.23 Å². The van der Waals surface area contributed by atoms with Crippen LogP contribution in [0.25, 0.3) is 0 Å². The Morgan fingerprint density at radius 2 is 1.67 bits per heavy atom. The molecule has 0 atom stereocenters. The zero-order chi connectivity index (χ0) is 15.2. The summed E-state index contributed by atoms with van der Waals surface area (Å²) >= 11 is 0. The number of rotatable bonds is 5. The minimum absolute atomic E-state index is 0.101. The minimum atomic E-state index is -2.44. The van der Waals surface area contributed by atoms with Gasteiger partial charge in [-0.1, -0.05) is 31.9 Å². The third kappa shape index (κ3) is 4.51. The van der Waals surface area contributed by atoms with Gasteiger partial charge in [0.2, 0.25) is 0 Å². The Bertz CT molecular complexity index is 469. The zero-order valence-corrected chi connectivity index (χ0v) is 12.2. The van der Waals surface area contributed by atoms with E-state index in [9.17, 15) is 13.2 Å². The third-order valence-corrected chi connectivity index (χ3v) is 4.25. The number of ether oxygens (including phenoxy) is 1. The van der Waals surface area contributed by atoms with E-state index < -0.39 is 12.1 Å². The molecule has 2 rings (SSSR count). The maximum atomic E-state index is 12.7. The molecule has 0 aliphatic heterocycles. The van der Waals surface area contributed by atoms with Crippen molar-refractivity contribution in [3.8, 4) is 5.75 Å². The van der Waals surface area contributed by atoms with Gasteiger partial charge >= 0.3 is 12.1 Å². The lowest BCUT2D eigenvalue weighted by molar-refractivity contribution is 0.241. The van der Waals surface area contributed by atoms with Crippen molar-refractivity contribution in [2.45, 2.75) is 51.4 Å². The maximum absolute atomic E-state index is 12.7. The van der Waals surface area contributed by atoms with Gasteiger partial charge in [0.05, 0.1) is 0 Å². The second-order valence-electron chi connectivity index (χ2n) is 5.71. The molecule has 21 heavy (non-hydrogen) atoms. The molecular formula is C17H21F3O. The summed E-state index contributed by atoms with van der Waals surface area (Å²) in [6.07, 6.45) is 4.94. The van der Waals surface area contributed by atoms with Crippen molar-refractivity contribution in [3.63, 3.8) is 0 Å². The third-order valence-electron chi connectivity index (χ3n) is 4.25. The molecule has 0 aromatic heterocycles. The van der Waals surface area contributed by atoms with Crippen LogP contribution in [0.3, 0.4) is 0 Å². The van der Waals surface area contributed by atoms with Gasteiger partial charge in [-0.05, 0) is 55.2 Å². The molecule has 1 nitrogen and oxygen atoms in total. The zero-order valence-electron chi connectivity index (χ0n) is 12.2. The summed E-state index contributed by atoms with van der Waals surface area (Å²) in [7, 11) is 0. The molecule has 1 fully saturated rings. The summed E-state index contributed by atoms with van der Waals surface area (Å²) in [6, 6.07) is 4.97. The smallest absolute Gasteiger partial charge is 0.344 e. The molecule has 0 radical (unpaired) electrons. The van der Waals surface area contributed by atoms with Gasteiger partial charge in [0.25, 0.3) is 0 Å². The lowest BCUT2D eigenvalue weighted by Gasteiger charge is -2.28. The van der Waals surface area contributed by atoms with Crippen LogP contribution in [0.4, 0.5) is 13.2 Å². The molecule has 116 valence electrons. The first-order chi connectivity index (χ1) is 10.1. The molecule has 0 saturated heterocycles. The van der Waals surface area contributed by atoms with E-state index in [1.54, 1.807) is 12.1 Å². The molecule has 4 heteroatoms. The Labute approximate surface area is 123 Å². The fourth-order valence-corrected chi connectivity index (χ4v) is 3.14. The predicted octanol–water partition coefficient (Wildman–Crippen LogP) is 6.17. The van der Waals surface area contributed by atoms with Gasteiger partial charge in [-0.3, -0.25) is 0 Å². The van der Waals surface area contributed by atoms with Gasteiger partial charge in [0.15, 0.2) is 0 Å². The maximum Gasteiger partial charge on any atom is 0.344 e. The largest absolute Gasteiger partial charge is 0.428 e. The Morgan fingerprint density at radius 1 is 1.05 bits per heavy atom. The lowest BCUT2D eigenvalue weighted by atomic mass is 9.77. The van der Waals surface area contributed by atoms with Crippen LogP contribution in [0.5, 0.6) is 5.75 Å². The second-order valence-corrected chi connectivity index (χ2v) is 5.71. The molecule has 0 N–H and O–H groups in total. The van der Waals surface area contributed by atoms with Crippen molar-refractivity contribution < 1.29 is 17.9 Å². The molecule has 1 aromatic rings. The van der Waals surface area contributed by atoms with E-state index in [0.29, 0.717) is 5.92 Å². The number of halogens is 3. The molecule has 1 aromatic carbocycles. The highest BCUT2D eigenvalue weighted by Crippen LogP contribution is 2.37.